The van der Waals surface area contributed by atoms with Gasteiger partial charge in [-0.1, -0.05) is 6.07 Å². The quantitative estimate of drug-likeness (QED) is 0.848. The lowest BCUT2D eigenvalue weighted by atomic mass is 10.0. The van der Waals surface area contributed by atoms with Crippen LogP contribution in [0.5, 0.6) is 5.75 Å². The Hall–Kier alpha value is -2.61. The highest BCUT2D eigenvalue weighted by atomic mass is 32.2. The van der Waals surface area contributed by atoms with Crippen LogP contribution in [0.1, 0.15) is 27.9 Å². The summed E-state index contributed by atoms with van der Waals surface area (Å²) in [5.41, 5.74) is 2.51. The number of sulfonamides is 1. The molecule has 0 radical (unpaired) electrons. The number of methoxy groups -OCH3 is 1. The molecule has 8 heteroatoms. The van der Waals surface area contributed by atoms with E-state index < -0.39 is 15.8 Å². The monoisotopic (exact) mass is 392 g/mol. The molecule has 0 saturated carbocycles. The van der Waals surface area contributed by atoms with E-state index in [-0.39, 0.29) is 18.2 Å². The number of halogens is 1. The van der Waals surface area contributed by atoms with Crippen LogP contribution in [0.3, 0.4) is 0 Å². The number of carbonyl (C=O) groups is 1. The number of benzene rings is 2. The summed E-state index contributed by atoms with van der Waals surface area (Å²) in [6, 6.07) is 9.49. The number of aryl methyl sites for hydroxylation is 1. The molecule has 2 aromatic rings. The zero-order chi connectivity index (χ0) is 19.6. The van der Waals surface area contributed by atoms with Crippen LogP contribution >= 0.6 is 0 Å². The molecule has 3 rings (SSSR count). The third-order valence-electron chi connectivity index (χ3n) is 4.49. The predicted octanol–water partition coefficient (Wildman–Crippen LogP) is 2.48. The van der Waals surface area contributed by atoms with E-state index in [1.807, 2.05) is 0 Å². The van der Waals surface area contributed by atoms with Crippen molar-refractivity contribution < 1.29 is 22.3 Å². The highest BCUT2D eigenvalue weighted by Gasteiger charge is 2.24. The van der Waals surface area contributed by atoms with Crippen molar-refractivity contribution in [3.05, 3.63) is 58.9 Å². The summed E-state index contributed by atoms with van der Waals surface area (Å²) in [4.78, 5) is 12.4. The van der Waals surface area contributed by atoms with Crippen LogP contribution in [0.15, 0.2) is 36.4 Å². The van der Waals surface area contributed by atoms with Crippen molar-refractivity contribution in [2.24, 2.45) is 0 Å². The second-order valence-corrected chi connectivity index (χ2v) is 8.34. The summed E-state index contributed by atoms with van der Waals surface area (Å²) in [5.74, 6) is -0.639. The molecule has 0 saturated heterocycles. The predicted molar refractivity (Wildman–Crippen MR) is 101 cm³/mol. The summed E-state index contributed by atoms with van der Waals surface area (Å²) in [7, 11) is -1.95. The minimum absolute atomic E-state index is 0.148. The lowest BCUT2D eigenvalue weighted by Crippen LogP contribution is -2.34. The number of anilines is 1. The molecule has 6 nitrogen and oxygen atoms in total. The van der Waals surface area contributed by atoms with Gasteiger partial charge in [-0.2, -0.15) is 0 Å². The van der Waals surface area contributed by atoms with Crippen molar-refractivity contribution in [1.82, 2.24) is 5.32 Å². The molecule has 0 fully saturated rings. The van der Waals surface area contributed by atoms with E-state index in [0.29, 0.717) is 36.2 Å². The number of carbonyl (C=O) groups excluding carboxylic acids is 1. The Morgan fingerprint density at radius 2 is 2.04 bits per heavy atom. The molecule has 1 aliphatic rings. The average Bonchev–Trinajstić information content (AvgIpc) is 2.64. The Morgan fingerprint density at radius 1 is 1.26 bits per heavy atom. The number of nitrogens with zero attached hydrogens (tertiary/aromatic N) is 1. The van der Waals surface area contributed by atoms with E-state index in [1.165, 1.54) is 29.8 Å². The summed E-state index contributed by atoms with van der Waals surface area (Å²) in [6.07, 6.45) is 2.60. The molecule has 27 heavy (non-hydrogen) atoms. The highest BCUT2D eigenvalue weighted by Crippen LogP contribution is 2.29. The lowest BCUT2D eigenvalue weighted by molar-refractivity contribution is 0.0950. The standard InChI is InChI=1S/C19H21FN2O4S/c1-26-18-8-5-13(10-16(18)20)12-21-19(23)15-6-7-17-14(11-15)4-3-9-22(17)27(2,24)25/h5-8,10-11H,3-4,9,12H2,1-2H3,(H,21,23). The van der Waals surface area contributed by atoms with Crippen LogP contribution in [0.4, 0.5) is 10.1 Å². The average molecular weight is 392 g/mol. The number of hydrogen-bond acceptors (Lipinski definition) is 4. The first kappa shape index (κ1) is 19.2. The van der Waals surface area contributed by atoms with Crippen LogP contribution in [-0.4, -0.2) is 34.2 Å². The molecule has 144 valence electrons. The Labute approximate surface area is 158 Å². The largest absolute Gasteiger partial charge is 0.494 e. The topological polar surface area (TPSA) is 75.7 Å². The Morgan fingerprint density at radius 3 is 2.70 bits per heavy atom. The maximum absolute atomic E-state index is 13.7. The maximum Gasteiger partial charge on any atom is 0.251 e. The molecule has 0 aromatic heterocycles. The molecule has 0 aliphatic carbocycles. The van der Waals surface area contributed by atoms with Gasteiger partial charge >= 0.3 is 0 Å². The SMILES string of the molecule is COc1ccc(CNC(=O)c2ccc3c(c2)CCCN3S(C)(=O)=O)cc1F. The van der Waals surface area contributed by atoms with Gasteiger partial charge in [-0.15, -0.1) is 0 Å². The van der Waals surface area contributed by atoms with Gasteiger partial charge < -0.3 is 10.1 Å². The summed E-state index contributed by atoms with van der Waals surface area (Å²) < 4.78 is 43.8. The van der Waals surface area contributed by atoms with Crippen LogP contribution in [0, 0.1) is 5.82 Å². The van der Waals surface area contributed by atoms with Gasteiger partial charge in [-0.3, -0.25) is 9.10 Å². The first-order chi connectivity index (χ1) is 12.8. The van der Waals surface area contributed by atoms with Gasteiger partial charge in [0.25, 0.3) is 5.91 Å². The highest BCUT2D eigenvalue weighted by molar-refractivity contribution is 7.92. The Bertz CT molecular complexity index is 976. The molecule has 1 heterocycles. The van der Waals surface area contributed by atoms with E-state index in [2.05, 4.69) is 5.32 Å². The van der Waals surface area contributed by atoms with Crippen molar-refractivity contribution in [2.75, 3.05) is 24.2 Å². The Kier molecular flexibility index (Phi) is 5.36. The van der Waals surface area contributed by atoms with Crippen molar-refractivity contribution >= 4 is 21.6 Å². The number of amides is 1. The van der Waals surface area contributed by atoms with E-state index in [0.717, 1.165) is 5.56 Å². The fourth-order valence-electron chi connectivity index (χ4n) is 3.15. The van der Waals surface area contributed by atoms with Gasteiger partial charge in [0.05, 0.1) is 19.1 Å². The first-order valence-corrected chi connectivity index (χ1v) is 10.4. The molecule has 2 aromatic carbocycles. The molecular weight excluding hydrogens is 371 g/mol. The van der Waals surface area contributed by atoms with E-state index in [1.54, 1.807) is 24.3 Å². The van der Waals surface area contributed by atoms with Crippen LogP contribution < -0.4 is 14.4 Å². The molecule has 1 N–H and O–H groups in total. The van der Waals surface area contributed by atoms with Crippen LogP contribution in [0.25, 0.3) is 0 Å². The zero-order valence-electron chi connectivity index (χ0n) is 15.2. The number of nitrogens with one attached hydrogen (secondary N) is 1. The van der Waals surface area contributed by atoms with Crippen molar-refractivity contribution in [3.8, 4) is 5.75 Å². The summed E-state index contributed by atoms with van der Waals surface area (Å²) in [5, 5.41) is 2.75. The fourth-order valence-corrected chi connectivity index (χ4v) is 4.15. The Balaban J connectivity index is 1.73. The maximum atomic E-state index is 13.7. The number of hydrogen-bond donors (Lipinski definition) is 1. The third-order valence-corrected chi connectivity index (χ3v) is 5.67. The smallest absolute Gasteiger partial charge is 0.251 e. The fraction of sp³-hybridized carbons (Fsp3) is 0.316. The van der Waals surface area contributed by atoms with Gasteiger partial charge in [0.15, 0.2) is 11.6 Å². The summed E-state index contributed by atoms with van der Waals surface area (Å²) >= 11 is 0. The number of ether oxygens (including phenoxy) is 1. The zero-order valence-corrected chi connectivity index (χ0v) is 16.0. The molecule has 0 atom stereocenters. The second-order valence-electron chi connectivity index (χ2n) is 6.43. The molecular formula is C19H21FN2O4S. The molecule has 0 spiro atoms. The number of fused-ring (bicyclic) bond motifs is 1. The van der Waals surface area contributed by atoms with Gasteiger partial charge in [0, 0.05) is 18.7 Å². The van der Waals surface area contributed by atoms with Gasteiger partial charge in [-0.05, 0) is 54.3 Å². The summed E-state index contributed by atoms with van der Waals surface area (Å²) in [6.45, 7) is 0.618. The molecule has 0 bridgehead atoms. The van der Waals surface area contributed by atoms with Gasteiger partial charge in [0.1, 0.15) is 0 Å². The lowest BCUT2D eigenvalue weighted by Gasteiger charge is -2.29. The molecule has 1 aliphatic heterocycles. The number of rotatable bonds is 5. The minimum Gasteiger partial charge on any atom is -0.494 e. The van der Waals surface area contributed by atoms with Crippen LogP contribution in [-0.2, 0) is 23.0 Å². The third kappa shape index (κ3) is 4.21. The van der Waals surface area contributed by atoms with E-state index >= 15 is 0 Å². The van der Waals surface area contributed by atoms with Crippen LogP contribution in [0.2, 0.25) is 0 Å². The first-order valence-electron chi connectivity index (χ1n) is 8.51. The van der Waals surface area contributed by atoms with Gasteiger partial charge in [0.2, 0.25) is 10.0 Å². The van der Waals surface area contributed by atoms with E-state index in [9.17, 15) is 17.6 Å². The normalized spacial score (nSPS) is 13.8. The minimum atomic E-state index is -3.34. The van der Waals surface area contributed by atoms with E-state index in [4.69, 9.17) is 4.74 Å². The second kappa shape index (κ2) is 7.56. The van der Waals surface area contributed by atoms with Crippen molar-refractivity contribution in [1.29, 1.82) is 0 Å². The van der Waals surface area contributed by atoms with Crippen molar-refractivity contribution in [2.45, 2.75) is 19.4 Å². The molecule has 0 unspecified atom stereocenters. The van der Waals surface area contributed by atoms with Crippen molar-refractivity contribution in [3.63, 3.8) is 0 Å². The van der Waals surface area contributed by atoms with Gasteiger partial charge in [-0.25, -0.2) is 12.8 Å². The molecule has 1 amide bonds.